The maximum absolute atomic E-state index is 12.7. The van der Waals surface area contributed by atoms with Gasteiger partial charge in [0.05, 0.1) is 12.7 Å². The Kier molecular flexibility index (Phi) is 12.4. The molecule has 0 bridgehead atoms. The molecule has 1 aromatic carbocycles. The maximum atomic E-state index is 12.7. The van der Waals surface area contributed by atoms with Crippen LogP contribution in [-0.2, 0) is 16.0 Å². The Hall–Kier alpha value is -2.34. The number of amides is 1. The Morgan fingerprint density at radius 1 is 1.05 bits per heavy atom. The number of carbonyl (C=O) groups is 2. The van der Waals surface area contributed by atoms with Crippen LogP contribution >= 0.6 is 11.3 Å². The molecular weight excluding hydrogens is 522 g/mol. The smallest absolute Gasteiger partial charge is 0.348 e. The van der Waals surface area contributed by atoms with Crippen LogP contribution in [0.5, 0.6) is 0 Å². The summed E-state index contributed by atoms with van der Waals surface area (Å²) in [5, 5.41) is 48.1. The number of aryl methyl sites for hydroxylation is 1. The lowest BCUT2D eigenvalue weighted by Gasteiger charge is -2.25. The number of hydrogen-bond acceptors (Lipinski definition) is 9. The molecule has 10 heteroatoms. The molecule has 5 N–H and O–H groups in total. The number of aliphatic hydroxyl groups is 5. The number of hydrogen-bond donors (Lipinski definition) is 5. The van der Waals surface area contributed by atoms with E-state index in [9.17, 15) is 30.0 Å². The Balaban J connectivity index is 1.48. The molecule has 1 aliphatic heterocycles. The van der Waals surface area contributed by atoms with Gasteiger partial charge in [-0.15, -0.1) is 11.3 Å². The van der Waals surface area contributed by atoms with Gasteiger partial charge >= 0.3 is 5.97 Å². The van der Waals surface area contributed by atoms with Gasteiger partial charge in [-0.2, -0.15) is 0 Å². The third-order valence-corrected chi connectivity index (χ3v) is 8.27. The van der Waals surface area contributed by atoms with E-state index in [0.29, 0.717) is 11.3 Å². The van der Waals surface area contributed by atoms with Crippen LogP contribution in [0.15, 0.2) is 36.4 Å². The SMILES string of the molecule is CCCCC[C@H](O)c1ccc(N2C(=O)CC[C@@H]2CCCc2ccc(C(=O)OC[C@@H](O)[C@H](O)[C@H](O)CO)s2)cc1. The monoisotopic (exact) mass is 563 g/mol. The molecule has 1 fully saturated rings. The minimum atomic E-state index is -1.62. The van der Waals surface area contributed by atoms with E-state index in [1.54, 1.807) is 6.07 Å². The molecule has 216 valence electrons. The first-order valence-corrected chi connectivity index (χ1v) is 14.6. The van der Waals surface area contributed by atoms with Gasteiger partial charge < -0.3 is 35.2 Å². The van der Waals surface area contributed by atoms with Crippen molar-refractivity contribution in [3.63, 3.8) is 0 Å². The lowest BCUT2D eigenvalue weighted by Crippen LogP contribution is -2.42. The number of anilines is 1. The molecule has 0 saturated carbocycles. The van der Waals surface area contributed by atoms with Gasteiger partial charge in [0, 0.05) is 23.0 Å². The molecule has 1 aromatic heterocycles. The quantitative estimate of drug-likeness (QED) is 0.155. The minimum Gasteiger partial charge on any atom is -0.459 e. The fraction of sp³-hybridized carbons (Fsp3) is 0.586. The fourth-order valence-corrected chi connectivity index (χ4v) is 5.76. The van der Waals surface area contributed by atoms with E-state index in [4.69, 9.17) is 9.84 Å². The van der Waals surface area contributed by atoms with Crippen LogP contribution in [0.3, 0.4) is 0 Å². The Bertz CT molecular complexity index is 1040. The van der Waals surface area contributed by atoms with Gasteiger partial charge in [-0.25, -0.2) is 4.79 Å². The second-order valence-electron chi connectivity index (χ2n) is 10.1. The van der Waals surface area contributed by atoms with Crippen molar-refractivity contribution in [1.82, 2.24) is 0 Å². The fourth-order valence-electron chi connectivity index (χ4n) is 4.81. The Morgan fingerprint density at radius 2 is 1.79 bits per heavy atom. The van der Waals surface area contributed by atoms with Gasteiger partial charge in [0.1, 0.15) is 29.8 Å². The van der Waals surface area contributed by atoms with E-state index in [1.807, 2.05) is 35.2 Å². The number of thiophene rings is 1. The molecule has 0 aliphatic carbocycles. The molecular formula is C29H41NO8S. The molecule has 3 rings (SSSR count). The zero-order valence-corrected chi connectivity index (χ0v) is 23.3. The predicted octanol–water partition coefficient (Wildman–Crippen LogP) is 3.11. The maximum Gasteiger partial charge on any atom is 0.348 e. The second-order valence-corrected chi connectivity index (χ2v) is 11.3. The average Bonchev–Trinajstić information content (AvgIpc) is 3.57. The Morgan fingerprint density at radius 3 is 2.49 bits per heavy atom. The summed E-state index contributed by atoms with van der Waals surface area (Å²) in [7, 11) is 0. The normalized spacial score (nSPS) is 18.7. The number of unbranched alkanes of at least 4 members (excludes halogenated alkanes) is 2. The largest absolute Gasteiger partial charge is 0.459 e. The summed E-state index contributed by atoms with van der Waals surface area (Å²) in [4.78, 5) is 28.2. The van der Waals surface area contributed by atoms with Crippen LogP contribution in [0, 0.1) is 0 Å². The topological polar surface area (TPSA) is 148 Å². The van der Waals surface area contributed by atoms with E-state index in [0.717, 1.165) is 67.5 Å². The summed E-state index contributed by atoms with van der Waals surface area (Å²) < 4.78 is 5.04. The highest BCUT2D eigenvalue weighted by Gasteiger charge is 2.32. The van der Waals surface area contributed by atoms with Crippen molar-refractivity contribution in [3.05, 3.63) is 51.7 Å². The van der Waals surface area contributed by atoms with Crippen LogP contribution in [0.1, 0.15) is 84.5 Å². The number of nitrogens with zero attached hydrogens (tertiary/aromatic N) is 1. The van der Waals surface area contributed by atoms with Crippen LogP contribution in [0.2, 0.25) is 0 Å². The zero-order valence-electron chi connectivity index (χ0n) is 22.4. The van der Waals surface area contributed by atoms with Crippen LogP contribution < -0.4 is 4.90 Å². The highest BCUT2D eigenvalue weighted by atomic mass is 32.1. The van der Waals surface area contributed by atoms with Crippen molar-refractivity contribution in [3.8, 4) is 0 Å². The number of carbonyl (C=O) groups excluding carboxylic acids is 2. The summed E-state index contributed by atoms with van der Waals surface area (Å²) >= 11 is 1.29. The van der Waals surface area contributed by atoms with Crippen molar-refractivity contribution in [2.45, 2.75) is 95.2 Å². The molecule has 2 heterocycles. The standard InChI is InChI=1S/C29H41NO8S/c1-2-3-4-8-23(32)19-9-11-21(12-10-19)30-20(13-16-27(30)35)6-5-7-22-14-15-26(39-22)29(37)38-18-25(34)28(36)24(33)17-31/h9-12,14-15,20,23-25,28,31-34,36H,2-8,13,16-18H2,1H3/t20-,23-,24+,25+,28+/m0/s1. The molecule has 0 radical (unpaired) electrons. The second kappa shape index (κ2) is 15.4. The molecule has 1 aliphatic rings. The van der Waals surface area contributed by atoms with Crippen LogP contribution in [0.25, 0.3) is 0 Å². The predicted molar refractivity (Wildman–Crippen MR) is 149 cm³/mol. The van der Waals surface area contributed by atoms with Crippen molar-refractivity contribution in [1.29, 1.82) is 0 Å². The third kappa shape index (κ3) is 8.83. The average molecular weight is 564 g/mol. The van der Waals surface area contributed by atoms with E-state index >= 15 is 0 Å². The van der Waals surface area contributed by atoms with E-state index in [1.165, 1.54) is 11.3 Å². The highest BCUT2D eigenvalue weighted by molar-refractivity contribution is 7.13. The molecule has 0 unspecified atom stereocenters. The van der Waals surface area contributed by atoms with E-state index < -0.39 is 43.6 Å². The summed E-state index contributed by atoms with van der Waals surface area (Å²) in [6, 6.07) is 11.3. The molecule has 1 amide bonds. The van der Waals surface area contributed by atoms with Crippen molar-refractivity contribution >= 4 is 28.9 Å². The van der Waals surface area contributed by atoms with Crippen molar-refractivity contribution < 1.29 is 39.9 Å². The van der Waals surface area contributed by atoms with Gasteiger partial charge in [-0.05, 0) is 61.9 Å². The summed E-state index contributed by atoms with van der Waals surface area (Å²) in [6.07, 6.45) is 2.49. The number of esters is 1. The Labute approximate surface area is 233 Å². The summed E-state index contributed by atoms with van der Waals surface area (Å²) in [5.74, 6) is -0.529. The van der Waals surface area contributed by atoms with Gasteiger partial charge in [-0.3, -0.25) is 4.79 Å². The van der Waals surface area contributed by atoms with Gasteiger partial charge in [0.2, 0.25) is 5.91 Å². The third-order valence-electron chi connectivity index (χ3n) is 7.15. The lowest BCUT2D eigenvalue weighted by molar-refractivity contribution is -0.117. The van der Waals surface area contributed by atoms with Gasteiger partial charge in [0.15, 0.2) is 0 Å². The highest BCUT2D eigenvalue weighted by Crippen LogP contribution is 2.31. The molecule has 1 saturated heterocycles. The zero-order chi connectivity index (χ0) is 28.4. The van der Waals surface area contributed by atoms with E-state index in [2.05, 4.69) is 6.92 Å². The van der Waals surface area contributed by atoms with Crippen LogP contribution in [-0.4, -0.2) is 75.0 Å². The molecule has 0 spiro atoms. The molecule has 2 aromatic rings. The number of rotatable bonds is 16. The molecule has 5 atom stereocenters. The summed E-state index contributed by atoms with van der Waals surface area (Å²) in [5.41, 5.74) is 1.73. The number of ether oxygens (including phenoxy) is 1. The van der Waals surface area contributed by atoms with E-state index in [-0.39, 0.29) is 11.9 Å². The number of aliphatic hydroxyl groups excluding tert-OH is 5. The van der Waals surface area contributed by atoms with Crippen molar-refractivity contribution in [2.24, 2.45) is 0 Å². The molecule has 39 heavy (non-hydrogen) atoms. The number of benzene rings is 1. The first kappa shape index (κ1) is 31.2. The lowest BCUT2D eigenvalue weighted by atomic mass is 10.0. The van der Waals surface area contributed by atoms with Crippen molar-refractivity contribution in [2.75, 3.05) is 18.1 Å². The van der Waals surface area contributed by atoms with Gasteiger partial charge in [-0.1, -0.05) is 38.3 Å². The first-order chi connectivity index (χ1) is 18.7. The van der Waals surface area contributed by atoms with Gasteiger partial charge in [0.25, 0.3) is 0 Å². The molecule has 9 nitrogen and oxygen atoms in total. The van der Waals surface area contributed by atoms with Crippen LogP contribution in [0.4, 0.5) is 5.69 Å². The first-order valence-electron chi connectivity index (χ1n) is 13.8. The minimum absolute atomic E-state index is 0.101. The summed E-state index contributed by atoms with van der Waals surface area (Å²) in [6.45, 7) is 0.912.